The first-order valence-corrected chi connectivity index (χ1v) is 7.83. The molecule has 1 saturated heterocycles. The van der Waals surface area contributed by atoms with Crippen LogP contribution in [0.1, 0.15) is 18.1 Å². The summed E-state index contributed by atoms with van der Waals surface area (Å²) in [5.74, 6) is -0.0413. The minimum atomic E-state index is -0.742. The Kier molecular flexibility index (Phi) is 3.99. The minimum absolute atomic E-state index is 0.217. The number of nitrogens with two attached hydrogens (primary N) is 1. The molecule has 22 heavy (non-hydrogen) atoms. The second-order valence-electron chi connectivity index (χ2n) is 5.95. The van der Waals surface area contributed by atoms with E-state index in [1.165, 1.54) is 0 Å². The second kappa shape index (κ2) is 5.93. The van der Waals surface area contributed by atoms with Crippen molar-refractivity contribution in [1.29, 1.82) is 0 Å². The third-order valence-electron chi connectivity index (χ3n) is 4.86. The summed E-state index contributed by atoms with van der Waals surface area (Å²) in [6.07, 6.45) is 0. The average Bonchev–Trinajstić information content (AvgIpc) is 2.52. The maximum atomic E-state index is 12.7. The maximum Gasteiger partial charge on any atom is 0.232 e. The number of primary amides is 1. The van der Waals surface area contributed by atoms with Gasteiger partial charge in [0, 0.05) is 19.0 Å². The highest BCUT2D eigenvalue weighted by Crippen LogP contribution is 2.43. The Morgan fingerprint density at radius 1 is 1.05 bits per heavy atom. The SMILES string of the molecule is CCN1CC(C(C(N)=O)(c2ccccc2)c2ccccc2)C1. The first-order valence-electron chi connectivity index (χ1n) is 7.83. The van der Waals surface area contributed by atoms with Gasteiger partial charge in [0.25, 0.3) is 0 Å². The van der Waals surface area contributed by atoms with E-state index in [2.05, 4.69) is 11.8 Å². The van der Waals surface area contributed by atoms with E-state index in [0.717, 1.165) is 30.8 Å². The molecule has 0 radical (unpaired) electrons. The van der Waals surface area contributed by atoms with Crippen LogP contribution in [-0.4, -0.2) is 30.4 Å². The average molecular weight is 294 g/mol. The lowest BCUT2D eigenvalue weighted by Gasteiger charge is -2.49. The molecule has 0 atom stereocenters. The normalized spacial score (nSPS) is 16.2. The van der Waals surface area contributed by atoms with Crippen LogP contribution in [0.4, 0.5) is 0 Å². The quantitative estimate of drug-likeness (QED) is 0.920. The summed E-state index contributed by atoms with van der Waals surface area (Å²) >= 11 is 0. The monoisotopic (exact) mass is 294 g/mol. The Morgan fingerprint density at radius 2 is 1.50 bits per heavy atom. The van der Waals surface area contributed by atoms with Gasteiger partial charge in [-0.2, -0.15) is 0 Å². The molecule has 2 aromatic carbocycles. The first-order chi connectivity index (χ1) is 10.7. The van der Waals surface area contributed by atoms with Crippen LogP contribution in [0.2, 0.25) is 0 Å². The summed E-state index contributed by atoms with van der Waals surface area (Å²) in [5, 5.41) is 0. The van der Waals surface area contributed by atoms with Gasteiger partial charge in [0.05, 0.1) is 0 Å². The number of likely N-dealkylation sites (tertiary alicyclic amines) is 1. The van der Waals surface area contributed by atoms with Gasteiger partial charge in [0.1, 0.15) is 5.41 Å². The van der Waals surface area contributed by atoms with Crippen molar-refractivity contribution >= 4 is 5.91 Å². The highest BCUT2D eigenvalue weighted by Gasteiger charge is 2.51. The number of amides is 1. The summed E-state index contributed by atoms with van der Waals surface area (Å²) in [6.45, 7) is 4.97. The fraction of sp³-hybridized carbons (Fsp3) is 0.316. The van der Waals surface area contributed by atoms with Crippen LogP contribution in [0.3, 0.4) is 0 Å². The molecule has 0 aliphatic carbocycles. The second-order valence-corrected chi connectivity index (χ2v) is 5.95. The van der Waals surface area contributed by atoms with E-state index in [0.29, 0.717) is 0 Å². The summed E-state index contributed by atoms with van der Waals surface area (Å²) in [5.41, 5.74) is 7.22. The molecular formula is C19H22N2O. The molecule has 1 aliphatic heterocycles. The third-order valence-corrected chi connectivity index (χ3v) is 4.86. The van der Waals surface area contributed by atoms with Gasteiger partial charge in [0.2, 0.25) is 5.91 Å². The van der Waals surface area contributed by atoms with Crippen molar-refractivity contribution in [3.05, 3.63) is 71.8 Å². The van der Waals surface area contributed by atoms with Crippen LogP contribution in [0.15, 0.2) is 60.7 Å². The summed E-state index contributed by atoms with van der Waals surface area (Å²) in [6, 6.07) is 19.9. The van der Waals surface area contributed by atoms with E-state index >= 15 is 0 Å². The number of carbonyl (C=O) groups excluding carboxylic acids is 1. The summed E-state index contributed by atoms with van der Waals surface area (Å²) in [7, 11) is 0. The summed E-state index contributed by atoms with van der Waals surface area (Å²) in [4.78, 5) is 15.0. The maximum absolute atomic E-state index is 12.7. The van der Waals surface area contributed by atoms with Crippen molar-refractivity contribution in [1.82, 2.24) is 4.90 Å². The molecule has 2 aromatic rings. The highest BCUT2D eigenvalue weighted by atomic mass is 16.1. The van der Waals surface area contributed by atoms with Crippen molar-refractivity contribution < 1.29 is 4.79 Å². The van der Waals surface area contributed by atoms with Gasteiger partial charge in [-0.15, -0.1) is 0 Å². The van der Waals surface area contributed by atoms with Crippen LogP contribution in [-0.2, 0) is 10.2 Å². The Balaban J connectivity index is 2.14. The predicted octanol–water partition coefficient (Wildman–Crippen LogP) is 2.41. The molecule has 0 aromatic heterocycles. The molecule has 3 heteroatoms. The van der Waals surface area contributed by atoms with E-state index in [4.69, 9.17) is 5.73 Å². The summed E-state index contributed by atoms with van der Waals surface area (Å²) < 4.78 is 0. The van der Waals surface area contributed by atoms with E-state index in [1.807, 2.05) is 60.7 Å². The zero-order chi connectivity index (χ0) is 15.6. The molecule has 1 fully saturated rings. The largest absolute Gasteiger partial charge is 0.369 e. The lowest BCUT2D eigenvalue weighted by Crippen LogP contribution is -2.61. The highest BCUT2D eigenvalue weighted by molar-refractivity contribution is 5.91. The molecule has 1 amide bonds. The van der Waals surface area contributed by atoms with Crippen molar-refractivity contribution in [2.24, 2.45) is 11.7 Å². The number of carbonyl (C=O) groups is 1. The van der Waals surface area contributed by atoms with Gasteiger partial charge in [-0.05, 0) is 17.7 Å². The predicted molar refractivity (Wildman–Crippen MR) is 88.5 cm³/mol. The smallest absolute Gasteiger partial charge is 0.232 e. The molecule has 3 rings (SSSR count). The molecule has 2 N–H and O–H groups in total. The van der Waals surface area contributed by atoms with Crippen LogP contribution in [0, 0.1) is 5.92 Å². The molecule has 0 saturated carbocycles. The van der Waals surface area contributed by atoms with Crippen LogP contribution >= 0.6 is 0 Å². The fourth-order valence-electron chi connectivity index (χ4n) is 3.63. The molecular weight excluding hydrogens is 272 g/mol. The molecule has 0 bridgehead atoms. The Bertz CT molecular complexity index is 593. The molecule has 3 nitrogen and oxygen atoms in total. The Hall–Kier alpha value is -2.13. The number of rotatable bonds is 5. The van der Waals surface area contributed by atoms with Crippen LogP contribution < -0.4 is 5.73 Å². The van der Waals surface area contributed by atoms with Crippen molar-refractivity contribution in [3.8, 4) is 0 Å². The van der Waals surface area contributed by atoms with Crippen molar-refractivity contribution in [2.75, 3.05) is 19.6 Å². The van der Waals surface area contributed by atoms with E-state index in [1.54, 1.807) is 0 Å². The Labute approximate surface area is 131 Å². The van der Waals surface area contributed by atoms with Gasteiger partial charge >= 0.3 is 0 Å². The molecule has 1 heterocycles. The standard InChI is InChI=1S/C19H22N2O/c1-2-21-13-17(14-21)19(18(20)22,15-9-5-3-6-10-15)16-11-7-4-8-12-16/h3-12,17H,2,13-14H2,1H3,(H2,20,22). The lowest BCUT2D eigenvalue weighted by molar-refractivity contribution is -0.126. The number of hydrogen-bond donors (Lipinski definition) is 1. The van der Waals surface area contributed by atoms with Crippen molar-refractivity contribution in [2.45, 2.75) is 12.3 Å². The Morgan fingerprint density at radius 3 is 1.86 bits per heavy atom. The first kappa shape index (κ1) is 14.8. The zero-order valence-corrected chi connectivity index (χ0v) is 12.9. The molecule has 0 spiro atoms. The van der Waals surface area contributed by atoms with Gasteiger partial charge in [0.15, 0.2) is 0 Å². The van der Waals surface area contributed by atoms with E-state index in [-0.39, 0.29) is 11.8 Å². The molecule has 1 aliphatic rings. The van der Waals surface area contributed by atoms with E-state index in [9.17, 15) is 4.79 Å². The number of nitrogens with zero attached hydrogens (tertiary/aromatic N) is 1. The van der Waals surface area contributed by atoms with Crippen molar-refractivity contribution in [3.63, 3.8) is 0 Å². The number of benzene rings is 2. The van der Waals surface area contributed by atoms with Gasteiger partial charge in [-0.1, -0.05) is 67.6 Å². The van der Waals surface area contributed by atoms with E-state index < -0.39 is 5.41 Å². The van der Waals surface area contributed by atoms with Gasteiger partial charge in [-0.3, -0.25) is 4.79 Å². The zero-order valence-electron chi connectivity index (χ0n) is 12.9. The van der Waals surface area contributed by atoms with Crippen LogP contribution in [0.25, 0.3) is 0 Å². The molecule has 114 valence electrons. The number of hydrogen-bond acceptors (Lipinski definition) is 2. The van der Waals surface area contributed by atoms with Crippen LogP contribution in [0.5, 0.6) is 0 Å². The molecule has 0 unspecified atom stereocenters. The third kappa shape index (κ3) is 2.22. The lowest BCUT2D eigenvalue weighted by atomic mass is 9.62. The fourth-order valence-corrected chi connectivity index (χ4v) is 3.63. The minimum Gasteiger partial charge on any atom is -0.369 e. The van der Waals surface area contributed by atoms with Gasteiger partial charge in [-0.25, -0.2) is 0 Å². The topological polar surface area (TPSA) is 46.3 Å². The van der Waals surface area contributed by atoms with Gasteiger partial charge < -0.3 is 10.6 Å².